The SMILES string of the molecule is CC[C@@H]1CN(CC(=O)c2ccc(C(C)(C)O)cc2)C[C@@H]1CO. The first kappa shape index (κ1) is 17.1. The van der Waals surface area contributed by atoms with Crippen molar-refractivity contribution in [3.05, 3.63) is 35.4 Å². The molecule has 0 amide bonds. The molecule has 1 aliphatic heterocycles. The molecule has 122 valence electrons. The molecule has 2 rings (SSSR count). The summed E-state index contributed by atoms with van der Waals surface area (Å²) in [6, 6.07) is 7.18. The molecule has 0 spiro atoms. The van der Waals surface area contributed by atoms with Crippen LogP contribution in [0.5, 0.6) is 0 Å². The Hall–Kier alpha value is -1.23. The molecule has 2 atom stereocenters. The topological polar surface area (TPSA) is 60.8 Å². The molecule has 1 aliphatic rings. The zero-order valence-corrected chi connectivity index (χ0v) is 13.7. The van der Waals surface area contributed by atoms with Gasteiger partial charge in [-0.1, -0.05) is 37.6 Å². The van der Waals surface area contributed by atoms with Crippen LogP contribution in [0.1, 0.15) is 43.1 Å². The minimum absolute atomic E-state index is 0.0933. The third-order valence-corrected chi connectivity index (χ3v) is 4.69. The van der Waals surface area contributed by atoms with Crippen LogP contribution in [0.25, 0.3) is 0 Å². The lowest BCUT2D eigenvalue weighted by atomic mass is 9.95. The van der Waals surface area contributed by atoms with Crippen LogP contribution >= 0.6 is 0 Å². The summed E-state index contributed by atoms with van der Waals surface area (Å²) in [4.78, 5) is 14.5. The van der Waals surface area contributed by atoms with Crippen molar-refractivity contribution in [3.8, 4) is 0 Å². The number of aliphatic hydroxyl groups excluding tert-OH is 1. The molecule has 0 saturated carbocycles. The standard InChI is InChI=1S/C18H27NO3/c1-4-13-9-19(10-15(13)12-20)11-17(21)14-5-7-16(8-6-14)18(2,3)22/h5-8,13,15,20,22H,4,9-12H2,1-3H3/t13-,15-/m1/s1. The Kier molecular flexibility index (Phi) is 5.37. The maximum Gasteiger partial charge on any atom is 0.176 e. The van der Waals surface area contributed by atoms with Crippen molar-refractivity contribution < 1.29 is 15.0 Å². The van der Waals surface area contributed by atoms with Gasteiger partial charge in [-0.05, 0) is 31.2 Å². The monoisotopic (exact) mass is 305 g/mol. The van der Waals surface area contributed by atoms with Crippen LogP contribution in [-0.4, -0.2) is 47.1 Å². The molecule has 22 heavy (non-hydrogen) atoms. The number of hydrogen-bond donors (Lipinski definition) is 2. The van der Waals surface area contributed by atoms with Crippen LogP contribution in [0.3, 0.4) is 0 Å². The van der Waals surface area contributed by atoms with Gasteiger partial charge in [-0.25, -0.2) is 0 Å². The number of hydrogen-bond acceptors (Lipinski definition) is 4. The van der Waals surface area contributed by atoms with Gasteiger partial charge in [-0.15, -0.1) is 0 Å². The number of aliphatic hydroxyl groups is 2. The van der Waals surface area contributed by atoms with Gasteiger partial charge in [0.2, 0.25) is 0 Å². The van der Waals surface area contributed by atoms with Crippen molar-refractivity contribution in [2.45, 2.75) is 32.8 Å². The van der Waals surface area contributed by atoms with Gasteiger partial charge in [0.1, 0.15) is 0 Å². The number of benzene rings is 1. The third kappa shape index (κ3) is 3.94. The number of rotatable bonds is 6. The van der Waals surface area contributed by atoms with Crippen LogP contribution in [0.2, 0.25) is 0 Å². The average Bonchev–Trinajstić information content (AvgIpc) is 2.88. The van der Waals surface area contributed by atoms with Gasteiger partial charge in [0.15, 0.2) is 5.78 Å². The van der Waals surface area contributed by atoms with E-state index >= 15 is 0 Å². The second-order valence-electron chi connectivity index (χ2n) is 6.86. The molecule has 1 fully saturated rings. The van der Waals surface area contributed by atoms with Crippen molar-refractivity contribution in [1.29, 1.82) is 0 Å². The Bertz CT molecular complexity index is 492. The van der Waals surface area contributed by atoms with Crippen molar-refractivity contribution in [2.75, 3.05) is 26.2 Å². The van der Waals surface area contributed by atoms with Crippen LogP contribution in [0, 0.1) is 11.8 Å². The van der Waals surface area contributed by atoms with Crippen LogP contribution in [-0.2, 0) is 5.60 Å². The predicted molar refractivity (Wildman–Crippen MR) is 86.8 cm³/mol. The van der Waals surface area contributed by atoms with E-state index in [1.165, 1.54) is 0 Å². The normalized spacial score (nSPS) is 23.0. The lowest BCUT2D eigenvalue weighted by Gasteiger charge is -2.18. The molecule has 0 aromatic heterocycles. The minimum atomic E-state index is -0.890. The minimum Gasteiger partial charge on any atom is -0.396 e. The highest BCUT2D eigenvalue weighted by Crippen LogP contribution is 2.26. The van der Waals surface area contributed by atoms with Gasteiger partial charge in [0, 0.05) is 25.3 Å². The van der Waals surface area contributed by atoms with Crippen LogP contribution < -0.4 is 0 Å². The molecule has 1 saturated heterocycles. The predicted octanol–water partition coefficient (Wildman–Crippen LogP) is 2.05. The Morgan fingerprint density at radius 2 is 1.82 bits per heavy atom. The summed E-state index contributed by atoms with van der Waals surface area (Å²) >= 11 is 0. The van der Waals surface area contributed by atoms with Gasteiger partial charge in [-0.3, -0.25) is 9.69 Å². The number of carbonyl (C=O) groups is 1. The van der Waals surface area contributed by atoms with Crippen molar-refractivity contribution in [2.24, 2.45) is 11.8 Å². The molecule has 0 radical (unpaired) electrons. The molecule has 0 bridgehead atoms. The molecule has 4 heteroatoms. The van der Waals surface area contributed by atoms with E-state index in [1.807, 2.05) is 12.1 Å². The highest BCUT2D eigenvalue weighted by molar-refractivity contribution is 5.97. The van der Waals surface area contributed by atoms with Gasteiger partial charge in [0.05, 0.1) is 12.1 Å². The largest absolute Gasteiger partial charge is 0.396 e. The molecular weight excluding hydrogens is 278 g/mol. The lowest BCUT2D eigenvalue weighted by Crippen LogP contribution is -2.28. The van der Waals surface area contributed by atoms with Gasteiger partial charge < -0.3 is 10.2 Å². The van der Waals surface area contributed by atoms with E-state index in [0.717, 1.165) is 25.1 Å². The van der Waals surface area contributed by atoms with Crippen molar-refractivity contribution in [3.63, 3.8) is 0 Å². The van der Waals surface area contributed by atoms with E-state index in [-0.39, 0.29) is 18.3 Å². The average molecular weight is 305 g/mol. The fourth-order valence-electron chi connectivity index (χ4n) is 3.19. The Morgan fingerprint density at radius 1 is 1.23 bits per heavy atom. The van der Waals surface area contributed by atoms with E-state index in [4.69, 9.17) is 0 Å². The molecule has 1 heterocycles. The van der Waals surface area contributed by atoms with Crippen molar-refractivity contribution in [1.82, 2.24) is 4.90 Å². The first-order valence-corrected chi connectivity index (χ1v) is 8.04. The summed E-state index contributed by atoms with van der Waals surface area (Å²) in [7, 11) is 0. The number of Topliss-reactive ketones (excluding diaryl/α,β-unsaturated/α-hetero) is 1. The zero-order valence-electron chi connectivity index (χ0n) is 13.7. The smallest absolute Gasteiger partial charge is 0.176 e. The third-order valence-electron chi connectivity index (χ3n) is 4.69. The molecule has 1 aromatic rings. The highest BCUT2D eigenvalue weighted by atomic mass is 16.3. The van der Waals surface area contributed by atoms with E-state index < -0.39 is 5.60 Å². The second kappa shape index (κ2) is 6.90. The number of carbonyl (C=O) groups excluding carboxylic acids is 1. The molecule has 0 aliphatic carbocycles. The number of likely N-dealkylation sites (tertiary alicyclic amines) is 1. The quantitative estimate of drug-likeness (QED) is 0.790. The van der Waals surface area contributed by atoms with Gasteiger partial charge in [-0.2, -0.15) is 0 Å². The Labute approximate surface area is 132 Å². The van der Waals surface area contributed by atoms with E-state index in [9.17, 15) is 15.0 Å². The molecule has 4 nitrogen and oxygen atoms in total. The first-order valence-electron chi connectivity index (χ1n) is 8.04. The summed E-state index contributed by atoms with van der Waals surface area (Å²) in [5, 5.41) is 19.4. The summed E-state index contributed by atoms with van der Waals surface area (Å²) in [6.07, 6.45) is 1.04. The van der Waals surface area contributed by atoms with Gasteiger partial charge in [0.25, 0.3) is 0 Å². The van der Waals surface area contributed by atoms with Crippen LogP contribution in [0.4, 0.5) is 0 Å². The Morgan fingerprint density at radius 3 is 2.27 bits per heavy atom. The van der Waals surface area contributed by atoms with E-state index in [0.29, 0.717) is 18.0 Å². The fraction of sp³-hybridized carbons (Fsp3) is 0.611. The highest BCUT2D eigenvalue weighted by Gasteiger charge is 2.31. The fourth-order valence-corrected chi connectivity index (χ4v) is 3.19. The lowest BCUT2D eigenvalue weighted by molar-refractivity contribution is 0.0784. The summed E-state index contributed by atoms with van der Waals surface area (Å²) in [5.74, 6) is 0.862. The zero-order chi connectivity index (χ0) is 16.3. The van der Waals surface area contributed by atoms with E-state index in [1.54, 1.807) is 26.0 Å². The molecule has 1 aromatic carbocycles. The second-order valence-corrected chi connectivity index (χ2v) is 6.86. The summed E-state index contributed by atoms with van der Waals surface area (Å²) < 4.78 is 0. The molecule has 2 N–H and O–H groups in total. The maximum atomic E-state index is 12.4. The van der Waals surface area contributed by atoms with Crippen LogP contribution in [0.15, 0.2) is 24.3 Å². The number of ketones is 1. The first-order chi connectivity index (χ1) is 10.3. The summed E-state index contributed by atoms with van der Waals surface area (Å²) in [6.45, 7) is 7.87. The van der Waals surface area contributed by atoms with Gasteiger partial charge >= 0.3 is 0 Å². The van der Waals surface area contributed by atoms with Crippen molar-refractivity contribution >= 4 is 5.78 Å². The molecule has 0 unspecified atom stereocenters. The summed E-state index contributed by atoms with van der Waals surface area (Å²) in [5.41, 5.74) is 0.587. The Balaban J connectivity index is 1.98. The number of nitrogens with zero attached hydrogens (tertiary/aromatic N) is 1. The van der Waals surface area contributed by atoms with E-state index in [2.05, 4.69) is 11.8 Å². The molecular formula is C18H27NO3. The maximum absolute atomic E-state index is 12.4.